The maximum Gasteiger partial charge on any atom is 0.287 e. The summed E-state index contributed by atoms with van der Waals surface area (Å²) in [6, 6.07) is 6.12. The number of nitrogens with zero attached hydrogens (tertiary/aromatic N) is 1. The van der Waals surface area contributed by atoms with Crippen molar-refractivity contribution in [3.05, 3.63) is 45.3 Å². The van der Waals surface area contributed by atoms with Crippen LogP contribution in [0.5, 0.6) is 0 Å². The highest BCUT2D eigenvalue weighted by molar-refractivity contribution is 6.31. The first kappa shape index (κ1) is 19.5. The van der Waals surface area contributed by atoms with Crippen LogP contribution in [0.1, 0.15) is 61.9 Å². The number of benzene rings is 1. The molecule has 1 aromatic carbocycles. The van der Waals surface area contributed by atoms with E-state index >= 15 is 0 Å². The number of hydrogen-bond donors (Lipinski definition) is 1. The molecule has 1 N–H and O–H groups in total. The van der Waals surface area contributed by atoms with E-state index in [9.17, 15) is 9.59 Å². The van der Waals surface area contributed by atoms with Crippen LogP contribution in [0.15, 0.2) is 33.5 Å². The Hall–Kier alpha value is -1.85. The zero-order valence-corrected chi connectivity index (χ0v) is 16.9. The fraction of sp³-hybridized carbons (Fsp3) is 0.545. The molecule has 0 bridgehead atoms. The van der Waals surface area contributed by atoms with Gasteiger partial charge in [-0.25, -0.2) is 0 Å². The average Bonchev–Trinajstić information content (AvgIpc) is 2.74. The summed E-state index contributed by atoms with van der Waals surface area (Å²) in [5, 5.41) is 3.93. The summed E-state index contributed by atoms with van der Waals surface area (Å²) in [6.45, 7) is 2.83. The third-order valence-electron chi connectivity index (χ3n) is 6.30. The maximum absolute atomic E-state index is 12.8. The van der Waals surface area contributed by atoms with Gasteiger partial charge in [0.2, 0.25) is 0 Å². The Morgan fingerprint density at radius 1 is 1.07 bits per heavy atom. The van der Waals surface area contributed by atoms with Crippen LogP contribution in [-0.2, 0) is 0 Å². The van der Waals surface area contributed by atoms with Gasteiger partial charge in [-0.1, -0.05) is 37.3 Å². The summed E-state index contributed by atoms with van der Waals surface area (Å²) >= 11 is 5.95. The Morgan fingerprint density at radius 2 is 1.79 bits per heavy atom. The van der Waals surface area contributed by atoms with E-state index < -0.39 is 0 Å². The number of hydrogen-bond acceptors (Lipinski definition) is 4. The zero-order valence-electron chi connectivity index (χ0n) is 16.1. The van der Waals surface area contributed by atoms with Gasteiger partial charge in [0.05, 0.1) is 5.39 Å². The van der Waals surface area contributed by atoms with Gasteiger partial charge in [-0.15, -0.1) is 0 Å². The number of carbonyl (C=O) groups is 1. The standard InChI is InChI=1S/C22H27ClN2O3/c23-16-7-8-19-17(13-16)18(26)14-20(28-19)21(27)24-15-22(9-3-1-4-10-22)25-11-5-2-6-12-25/h7-8,13-14H,1-6,9-12,15H2,(H,24,27). The van der Waals surface area contributed by atoms with Crippen molar-refractivity contribution in [2.45, 2.75) is 56.9 Å². The Morgan fingerprint density at radius 3 is 2.54 bits per heavy atom. The van der Waals surface area contributed by atoms with E-state index in [0.29, 0.717) is 22.5 Å². The molecule has 0 atom stereocenters. The predicted molar refractivity (Wildman–Crippen MR) is 111 cm³/mol. The van der Waals surface area contributed by atoms with Crippen molar-refractivity contribution >= 4 is 28.5 Å². The Balaban J connectivity index is 1.53. The van der Waals surface area contributed by atoms with E-state index in [4.69, 9.17) is 16.0 Å². The Bertz CT molecular complexity index is 912. The molecular weight excluding hydrogens is 376 g/mol. The van der Waals surface area contributed by atoms with Crippen molar-refractivity contribution in [1.29, 1.82) is 0 Å². The Labute approximate surface area is 170 Å². The van der Waals surface area contributed by atoms with E-state index in [1.165, 1.54) is 44.6 Å². The lowest BCUT2D eigenvalue weighted by molar-refractivity contribution is 0.0323. The summed E-state index contributed by atoms with van der Waals surface area (Å²) in [4.78, 5) is 27.7. The van der Waals surface area contributed by atoms with E-state index in [1.54, 1.807) is 18.2 Å². The molecule has 4 rings (SSSR count). The van der Waals surface area contributed by atoms with Crippen molar-refractivity contribution in [2.75, 3.05) is 19.6 Å². The summed E-state index contributed by atoms with van der Waals surface area (Å²) in [5.41, 5.74) is 0.168. The van der Waals surface area contributed by atoms with E-state index in [1.807, 2.05) is 0 Å². The van der Waals surface area contributed by atoms with Gasteiger partial charge in [0.25, 0.3) is 5.91 Å². The number of carbonyl (C=O) groups excluding carboxylic acids is 1. The predicted octanol–water partition coefficient (Wildman–Crippen LogP) is 4.37. The average molecular weight is 403 g/mol. The molecular formula is C22H27ClN2O3. The van der Waals surface area contributed by atoms with Gasteiger partial charge in [-0.3, -0.25) is 14.5 Å². The third kappa shape index (κ3) is 3.96. The second-order valence-corrected chi connectivity index (χ2v) is 8.57. The highest BCUT2D eigenvalue weighted by Crippen LogP contribution is 2.35. The molecule has 28 heavy (non-hydrogen) atoms. The summed E-state index contributed by atoms with van der Waals surface area (Å²) < 4.78 is 5.69. The fourth-order valence-electron chi connectivity index (χ4n) is 4.76. The van der Waals surface area contributed by atoms with Crippen LogP contribution in [0.25, 0.3) is 11.0 Å². The van der Waals surface area contributed by atoms with Crippen molar-refractivity contribution in [2.24, 2.45) is 0 Å². The molecule has 1 aliphatic heterocycles. The smallest absolute Gasteiger partial charge is 0.287 e. The van der Waals surface area contributed by atoms with Crippen LogP contribution in [0.2, 0.25) is 5.02 Å². The number of piperidine rings is 1. The van der Waals surface area contributed by atoms with Gasteiger partial charge in [-0.2, -0.15) is 0 Å². The number of nitrogens with one attached hydrogen (secondary N) is 1. The number of amides is 1. The van der Waals surface area contributed by atoms with E-state index in [-0.39, 0.29) is 22.6 Å². The summed E-state index contributed by atoms with van der Waals surface area (Å²) in [7, 11) is 0. The minimum Gasteiger partial charge on any atom is -0.451 e. The lowest BCUT2D eigenvalue weighted by atomic mass is 9.79. The first-order chi connectivity index (χ1) is 13.6. The normalized spacial score (nSPS) is 20.2. The molecule has 2 aromatic rings. The molecule has 1 aromatic heterocycles. The molecule has 0 spiro atoms. The topological polar surface area (TPSA) is 62.6 Å². The molecule has 0 unspecified atom stereocenters. The second-order valence-electron chi connectivity index (χ2n) is 8.13. The molecule has 1 saturated heterocycles. The van der Waals surface area contributed by atoms with E-state index in [0.717, 1.165) is 25.9 Å². The molecule has 1 amide bonds. The molecule has 2 heterocycles. The minimum atomic E-state index is -0.323. The van der Waals surface area contributed by atoms with Crippen LogP contribution < -0.4 is 10.7 Å². The van der Waals surface area contributed by atoms with Crippen LogP contribution >= 0.6 is 11.6 Å². The van der Waals surface area contributed by atoms with Crippen LogP contribution in [0, 0.1) is 0 Å². The first-order valence-electron chi connectivity index (χ1n) is 10.3. The molecule has 2 aliphatic rings. The van der Waals surface area contributed by atoms with E-state index in [2.05, 4.69) is 10.2 Å². The monoisotopic (exact) mass is 402 g/mol. The van der Waals surface area contributed by atoms with Crippen LogP contribution in [0.4, 0.5) is 0 Å². The molecule has 2 fully saturated rings. The fourth-order valence-corrected chi connectivity index (χ4v) is 4.93. The Kier molecular flexibility index (Phi) is 5.74. The summed E-state index contributed by atoms with van der Waals surface area (Å²) in [6.07, 6.45) is 9.68. The number of halogens is 1. The maximum atomic E-state index is 12.8. The second kappa shape index (κ2) is 8.26. The SMILES string of the molecule is O=C(NCC1(N2CCCCC2)CCCCC1)c1cc(=O)c2cc(Cl)ccc2o1. The highest BCUT2D eigenvalue weighted by Gasteiger charge is 2.38. The molecule has 0 radical (unpaired) electrons. The summed E-state index contributed by atoms with van der Waals surface area (Å²) in [5.74, 6) is -0.264. The number of rotatable bonds is 4. The van der Waals surface area contributed by atoms with Crippen molar-refractivity contribution in [3.63, 3.8) is 0 Å². The zero-order chi connectivity index (χ0) is 19.6. The van der Waals surface area contributed by atoms with Crippen molar-refractivity contribution in [1.82, 2.24) is 10.2 Å². The molecule has 1 saturated carbocycles. The van der Waals surface area contributed by atoms with Gasteiger partial charge in [0, 0.05) is 23.2 Å². The van der Waals surface area contributed by atoms with Crippen molar-refractivity contribution in [3.8, 4) is 0 Å². The molecule has 5 nitrogen and oxygen atoms in total. The quantitative estimate of drug-likeness (QED) is 0.825. The van der Waals surface area contributed by atoms with Crippen LogP contribution in [0.3, 0.4) is 0 Å². The molecule has 1 aliphatic carbocycles. The molecule has 150 valence electrons. The third-order valence-corrected chi connectivity index (χ3v) is 6.54. The van der Waals surface area contributed by atoms with Gasteiger partial charge in [0.1, 0.15) is 5.58 Å². The van der Waals surface area contributed by atoms with Gasteiger partial charge in [0.15, 0.2) is 11.2 Å². The van der Waals surface area contributed by atoms with Gasteiger partial charge < -0.3 is 9.73 Å². The van der Waals surface area contributed by atoms with Crippen molar-refractivity contribution < 1.29 is 9.21 Å². The largest absolute Gasteiger partial charge is 0.451 e. The van der Waals surface area contributed by atoms with Crippen LogP contribution in [-0.4, -0.2) is 36.0 Å². The van der Waals surface area contributed by atoms with Gasteiger partial charge in [-0.05, 0) is 57.0 Å². The lowest BCUT2D eigenvalue weighted by Crippen LogP contribution is -2.58. The first-order valence-corrected chi connectivity index (χ1v) is 10.7. The van der Waals surface area contributed by atoms with Gasteiger partial charge >= 0.3 is 0 Å². The number of fused-ring (bicyclic) bond motifs is 1. The lowest BCUT2D eigenvalue weighted by Gasteiger charge is -2.48. The number of likely N-dealkylation sites (tertiary alicyclic amines) is 1. The minimum absolute atomic E-state index is 0.0407. The molecule has 6 heteroatoms. The highest BCUT2D eigenvalue weighted by atomic mass is 35.5.